The Bertz CT molecular complexity index is 1610. The van der Waals surface area contributed by atoms with Crippen LogP contribution in [0.25, 0.3) is 0 Å². The average Bonchev–Trinajstić information content (AvgIpc) is 3.46. The molecule has 1 unspecified atom stereocenters. The van der Waals surface area contributed by atoms with E-state index in [0.29, 0.717) is 19.3 Å². The molecule has 0 aromatic rings. The van der Waals surface area contributed by atoms with Gasteiger partial charge < -0.3 is 14.2 Å². The van der Waals surface area contributed by atoms with Crippen molar-refractivity contribution < 1.29 is 28.6 Å². The van der Waals surface area contributed by atoms with Crippen LogP contribution in [0.2, 0.25) is 0 Å². The molecule has 0 aliphatic heterocycles. The van der Waals surface area contributed by atoms with Gasteiger partial charge in [-0.05, 0) is 122 Å². The summed E-state index contributed by atoms with van der Waals surface area (Å²) in [7, 11) is 0. The van der Waals surface area contributed by atoms with E-state index in [-0.39, 0.29) is 37.5 Å². The monoisotopic (exact) mass is 1110 g/mol. The Kier molecular flexibility index (Phi) is 64.3. The van der Waals surface area contributed by atoms with Gasteiger partial charge in [0.1, 0.15) is 13.2 Å². The molecule has 0 amide bonds. The van der Waals surface area contributed by atoms with Crippen LogP contribution in [0.1, 0.15) is 323 Å². The summed E-state index contributed by atoms with van der Waals surface area (Å²) in [6.07, 6.45) is 92.6. The van der Waals surface area contributed by atoms with Gasteiger partial charge >= 0.3 is 17.9 Å². The predicted molar refractivity (Wildman–Crippen MR) is 348 cm³/mol. The normalized spacial score (nSPS) is 12.8. The molecule has 1 atom stereocenters. The molecule has 0 saturated carbocycles. The number of esters is 3. The molecule has 0 spiro atoms. The van der Waals surface area contributed by atoms with Gasteiger partial charge in [-0.3, -0.25) is 14.4 Å². The summed E-state index contributed by atoms with van der Waals surface area (Å²) < 4.78 is 16.9. The summed E-state index contributed by atoms with van der Waals surface area (Å²) >= 11 is 0. The fraction of sp³-hybridized carbons (Fsp3) is 0.716. The molecule has 458 valence electrons. The summed E-state index contributed by atoms with van der Waals surface area (Å²) in [5.41, 5.74) is 0. The van der Waals surface area contributed by atoms with Crippen LogP contribution in [0.5, 0.6) is 0 Å². The molecule has 6 nitrogen and oxygen atoms in total. The number of hydrogen-bond donors (Lipinski definition) is 0. The average molecular weight is 1110 g/mol. The molecular weight excluding hydrogens is 985 g/mol. The van der Waals surface area contributed by atoms with Gasteiger partial charge in [0.05, 0.1) is 0 Å². The summed E-state index contributed by atoms with van der Waals surface area (Å²) in [6, 6.07) is 0. The van der Waals surface area contributed by atoms with Crippen LogP contribution < -0.4 is 0 Å². The Labute approximate surface area is 495 Å². The fourth-order valence-corrected chi connectivity index (χ4v) is 9.42. The second kappa shape index (κ2) is 67.6. The molecule has 0 aromatic heterocycles. The van der Waals surface area contributed by atoms with E-state index in [9.17, 15) is 14.4 Å². The third kappa shape index (κ3) is 64.9. The van der Waals surface area contributed by atoms with Crippen molar-refractivity contribution in [2.45, 2.75) is 329 Å². The largest absolute Gasteiger partial charge is 0.462 e. The molecule has 0 saturated heterocycles. The lowest BCUT2D eigenvalue weighted by molar-refractivity contribution is -0.167. The fourth-order valence-electron chi connectivity index (χ4n) is 9.42. The molecular formula is C74H126O6. The zero-order valence-corrected chi connectivity index (χ0v) is 52.6. The zero-order chi connectivity index (χ0) is 57.8. The van der Waals surface area contributed by atoms with Crippen LogP contribution in [0.3, 0.4) is 0 Å². The Morgan fingerprint density at radius 3 is 0.838 bits per heavy atom. The summed E-state index contributed by atoms with van der Waals surface area (Å²) in [5.74, 6) is -0.964. The number of hydrogen-bond acceptors (Lipinski definition) is 6. The Balaban J connectivity index is 4.35. The predicted octanol–water partition coefficient (Wildman–Crippen LogP) is 23.4. The first-order valence-electron chi connectivity index (χ1n) is 33.9. The SMILES string of the molecule is CC/C=C\C/C=C\C/C=C\C/C=C\C/C=C\C/C=C\C/C=C\CCCC(=O)OC(COC(=O)CCCCCCC/C=C\CCCCC)COC(=O)CCCCCCCCCCCCCCCCC/C=C\CCCCCCCCCC. The lowest BCUT2D eigenvalue weighted by atomic mass is 10.0. The lowest BCUT2D eigenvalue weighted by Crippen LogP contribution is -2.30. The number of ether oxygens (including phenoxy) is 3. The Morgan fingerprint density at radius 1 is 0.263 bits per heavy atom. The van der Waals surface area contributed by atoms with Gasteiger partial charge in [-0.15, -0.1) is 0 Å². The van der Waals surface area contributed by atoms with Crippen LogP contribution in [0.4, 0.5) is 0 Å². The second-order valence-corrected chi connectivity index (χ2v) is 22.3. The van der Waals surface area contributed by atoms with Gasteiger partial charge in [-0.25, -0.2) is 0 Å². The lowest BCUT2D eigenvalue weighted by Gasteiger charge is -2.18. The topological polar surface area (TPSA) is 78.9 Å². The number of carbonyl (C=O) groups excluding carboxylic acids is 3. The van der Waals surface area contributed by atoms with Crippen molar-refractivity contribution in [1.82, 2.24) is 0 Å². The smallest absolute Gasteiger partial charge is 0.306 e. The maximum atomic E-state index is 12.9. The molecule has 0 bridgehead atoms. The first-order valence-corrected chi connectivity index (χ1v) is 33.9. The molecule has 0 heterocycles. The third-order valence-electron chi connectivity index (χ3n) is 14.5. The minimum absolute atomic E-state index is 0.103. The zero-order valence-electron chi connectivity index (χ0n) is 52.6. The van der Waals surface area contributed by atoms with Crippen molar-refractivity contribution in [2.75, 3.05) is 13.2 Å². The first kappa shape index (κ1) is 76.1. The molecule has 0 fully saturated rings. The van der Waals surface area contributed by atoms with E-state index >= 15 is 0 Å². The highest BCUT2D eigenvalue weighted by molar-refractivity contribution is 5.71. The van der Waals surface area contributed by atoms with E-state index in [2.05, 4.69) is 130 Å². The summed E-state index contributed by atoms with van der Waals surface area (Å²) in [6.45, 7) is 6.47. The summed E-state index contributed by atoms with van der Waals surface area (Å²) in [5, 5.41) is 0. The van der Waals surface area contributed by atoms with E-state index in [1.54, 1.807) is 0 Å². The first-order chi connectivity index (χ1) is 39.5. The van der Waals surface area contributed by atoms with E-state index in [0.717, 1.165) is 103 Å². The van der Waals surface area contributed by atoms with Gasteiger partial charge in [0, 0.05) is 19.3 Å². The van der Waals surface area contributed by atoms with Gasteiger partial charge in [0.2, 0.25) is 0 Å². The van der Waals surface area contributed by atoms with Gasteiger partial charge in [-0.2, -0.15) is 0 Å². The molecule has 0 radical (unpaired) electrons. The van der Waals surface area contributed by atoms with E-state index in [4.69, 9.17) is 14.2 Å². The number of unbranched alkanes of at least 4 members (excludes halogenated alkanes) is 32. The molecule has 0 rings (SSSR count). The van der Waals surface area contributed by atoms with Gasteiger partial charge in [0.25, 0.3) is 0 Å². The third-order valence-corrected chi connectivity index (χ3v) is 14.5. The van der Waals surface area contributed by atoms with Crippen molar-refractivity contribution in [3.05, 3.63) is 109 Å². The minimum atomic E-state index is -0.814. The maximum Gasteiger partial charge on any atom is 0.306 e. The van der Waals surface area contributed by atoms with Crippen molar-refractivity contribution in [3.63, 3.8) is 0 Å². The van der Waals surface area contributed by atoms with Crippen molar-refractivity contribution in [3.8, 4) is 0 Å². The molecule has 0 N–H and O–H groups in total. The maximum absolute atomic E-state index is 12.9. The van der Waals surface area contributed by atoms with Crippen molar-refractivity contribution in [2.24, 2.45) is 0 Å². The van der Waals surface area contributed by atoms with E-state index < -0.39 is 6.10 Å². The molecule has 6 heteroatoms. The van der Waals surface area contributed by atoms with Crippen molar-refractivity contribution >= 4 is 17.9 Å². The van der Waals surface area contributed by atoms with E-state index in [1.165, 1.54) is 173 Å². The number of rotatable bonds is 61. The van der Waals surface area contributed by atoms with E-state index in [1.807, 2.05) is 0 Å². The molecule has 0 aliphatic carbocycles. The highest BCUT2D eigenvalue weighted by Gasteiger charge is 2.19. The van der Waals surface area contributed by atoms with Crippen LogP contribution in [-0.2, 0) is 28.6 Å². The second-order valence-electron chi connectivity index (χ2n) is 22.3. The highest BCUT2D eigenvalue weighted by Crippen LogP contribution is 2.16. The number of carbonyl (C=O) groups is 3. The highest BCUT2D eigenvalue weighted by atomic mass is 16.6. The van der Waals surface area contributed by atoms with Gasteiger partial charge in [0.15, 0.2) is 6.10 Å². The summed E-state index contributed by atoms with van der Waals surface area (Å²) in [4.78, 5) is 38.3. The molecule has 80 heavy (non-hydrogen) atoms. The van der Waals surface area contributed by atoms with Gasteiger partial charge in [-0.1, -0.05) is 291 Å². The molecule has 0 aromatic carbocycles. The molecule has 0 aliphatic rings. The van der Waals surface area contributed by atoms with Crippen LogP contribution in [0.15, 0.2) is 109 Å². The van der Waals surface area contributed by atoms with Crippen LogP contribution >= 0.6 is 0 Å². The standard InChI is InChI=1S/C74H126O6/c1-4-7-10-13-16-19-22-25-27-29-31-33-35-36-37-38-40-41-43-45-47-49-52-55-58-61-64-67-73(76)79-70-71(69-78-72(75)66-63-60-57-54-51-24-21-18-15-12-9-6-3)80-74(77)68-65-62-59-56-53-50-48-46-44-42-39-34-32-30-28-26-23-20-17-14-11-8-5-2/h8,11,17-18,20-21,26,28-29,31-32,34,42,44,48,50,56,59,71H,4-7,9-10,12-16,19,22-25,27,30,33,35-41,43,45-47,49,51-55,57-58,60-70H2,1-3H3/b11-8-,20-17-,21-18-,28-26-,31-29-,34-32-,44-42-,50-48-,59-56-. The Morgan fingerprint density at radius 2 is 0.500 bits per heavy atom. The van der Waals surface area contributed by atoms with Crippen LogP contribution in [-0.4, -0.2) is 37.2 Å². The quantitative estimate of drug-likeness (QED) is 0.0261. The van der Waals surface area contributed by atoms with Crippen LogP contribution in [0, 0.1) is 0 Å². The van der Waals surface area contributed by atoms with Crippen molar-refractivity contribution in [1.29, 1.82) is 0 Å². The number of allylic oxidation sites excluding steroid dienone is 18. The Hall–Kier alpha value is -3.93. The minimum Gasteiger partial charge on any atom is -0.462 e.